The molecule has 1 atom stereocenters. The van der Waals surface area contributed by atoms with Crippen molar-refractivity contribution in [2.45, 2.75) is 38.9 Å². The van der Waals surface area contributed by atoms with Gasteiger partial charge in [-0.3, -0.25) is 9.69 Å². The van der Waals surface area contributed by atoms with Crippen LogP contribution in [-0.4, -0.2) is 31.5 Å². The quantitative estimate of drug-likeness (QED) is 0.710. The van der Waals surface area contributed by atoms with Crippen LogP contribution >= 0.6 is 11.6 Å². The van der Waals surface area contributed by atoms with E-state index >= 15 is 0 Å². The molecule has 1 heterocycles. The molecule has 1 aliphatic heterocycles. The van der Waals surface area contributed by atoms with Crippen molar-refractivity contribution in [3.8, 4) is 5.75 Å². The first kappa shape index (κ1) is 16.9. The molecular formula is C18H20ClNO4. The Hall–Kier alpha value is -1.98. The zero-order valence-electron chi connectivity index (χ0n) is 13.6. The highest BCUT2D eigenvalue weighted by Gasteiger charge is 2.50. The van der Waals surface area contributed by atoms with E-state index in [0.717, 1.165) is 17.4 Å². The van der Waals surface area contributed by atoms with E-state index in [0.29, 0.717) is 18.7 Å². The number of benzene rings is 1. The highest BCUT2D eigenvalue weighted by Crippen LogP contribution is 2.44. The Morgan fingerprint density at radius 3 is 2.46 bits per heavy atom. The summed E-state index contributed by atoms with van der Waals surface area (Å²) < 4.78 is 0. The van der Waals surface area contributed by atoms with Crippen LogP contribution in [0, 0.1) is 5.92 Å². The van der Waals surface area contributed by atoms with Gasteiger partial charge in [0.05, 0.1) is 16.8 Å². The van der Waals surface area contributed by atoms with Crippen LogP contribution < -0.4 is 0 Å². The van der Waals surface area contributed by atoms with Gasteiger partial charge in [0.2, 0.25) is 0 Å². The largest absolute Gasteiger partial charge is 0.515 e. The minimum absolute atomic E-state index is 0.0271. The third-order valence-electron chi connectivity index (χ3n) is 5.15. The summed E-state index contributed by atoms with van der Waals surface area (Å²) in [5, 5.41) is 29.4. The second-order valence-corrected chi connectivity index (χ2v) is 7.14. The number of aromatic hydroxyl groups is 1. The van der Waals surface area contributed by atoms with E-state index in [-0.39, 0.29) is 34.7 Å². The van der Waals surface area contributed by atoms with E-state index < -0.39 is 5.54 Å². The van der Waals surface area contributed by atoms with Crippen molar-refractivity contribution in [1.29, 1.82) is 0 Å². The van der Waals surface area contributed by atoms with Crippen molar-refractivity contribution in [3.63, 3.8) is 0 Å². The number of phenols is 1. The number of halogens is 1. The summed E-state index contributed by atoms with van der Waals surface area (Å²) in [5.41, 5.74) is 1.39. The lowest BCUT2D eigenvalue weighted by atomic mass is 9.72. The van der Waals surface area contributed by atoms with Gasteiger partial charge in [0.1, 0.15) is 11.5 Å². The number of nitrogens with zero attached hydrogens (tertiary/aromatic N) is 1. The summed E-state index contributed by atoms with van der Waals surface area (Å²) in [6, 6.07) is 3.36. The fraction of sp³-hybridized carbons (Fsp3) is 0.389. The van der Waals surface area contributed by atoms with Gasteiger partial charge in [0.15, 0.2) is 5.78 Å². The molecule has 2 aliphatic rings. The molecule has 3 N–H and O–H groups in total. The standard InChI is InChI=1S/C18H20ClNO4/c1-10(2)18(6-13(9-21)15(22)5-17(18)24)20-7-11-3-14(19)16(23)4-12(11)8-20/h3-5,9-10,21-23H,6-8H2,1-2H3/b13-9-. The molecule has 0 spiro atoms. The maximum atomic E-state index is 12.8. The van der Waals surface area contributed by atoms with Crippen molar-refractivity contribution in [2.24, 2.45) is 5.92 Å². The van der Waals surface area contributed by atoms with Gasteiger partial charge in [-0.25, -0.2) is 0 Å². The van der Waals surface area contributed by atoms with Gasteiger partial charge in [0, 0.05) is 31.2 Å². The molecule has 5 nitrogen and oxygen atoms in total. The molecule has 3 rings (SSSR count). The number of aliphatic hydroxyl groups is 2. The molecule has 1 aromatic carbocycles. The molecule has 6 heteroatoms. The Bertz CT molecular complexity index is 738. The molecule has 0 bridgehead atoms. The number of phenolic OH excluding ortho intramolecular Hbond substituents is 1. The predicted octanol–water partition coefficient (Wildman–Crippen LogP) is 3.61. The summed E-state index contributed by atoms with van der Waals surface area (Å²) >= 11 is 6.00. The molecule has 1 aromatic rings. The first-order chi connectivity index (χ1) is 11.3. The summed E-state index contributed by atoms with van der Waals surface area (Å²) in [4.78, 5) is 14.9. The van der Waals surface area contributed by atoms with Crippen LogP contribution in [0.25, 0.3) is 0 Å². The van der Waals surface area contributed by atoms with Gasteiger partial charge >= 0.3 is 0 Å². The molecule has 24 heavy (non-hydrogen) atoms. The fourth-order valence-electron chi connectivity index (χ4n) is 3.73. The number of hydrogen-bond acceptors (Lipinski definition) is 5. The van der Waals surface area contributed by atoms with Crippen molar-refractivity contribution in [2.75, 3.05) is 0 Å². The summed E-state index contributed by atoms with van der Waals surface area (Å²) in [6.07, 6.45) is 2.29. The number of rotatable bonds is 2. The molecule has 0 radical (unpaired) electrons. The van der Waals surface area contributed by atoms with Crippen LogP contribution in [0.15, 0.2) is 35.8 Å². The van der Waals surface area contributed by atoms with Crippen molar-refractivity contribution in [1.82, 2.24) is 4.90 Å². The van der Waals surface area contributed by atoms with E-state index in [1.54, 1.807) is 12.1 Å². The summed E-state index contributed by atoms with van der Waals surface area (Å²) in [7, 11) is 0. The Kier molecular flexibility index (Phi) is 4.10. The molecule has 0 fully saturated rings. The first-order valence-electron chi connectivity index (χ1n) is 7.83. The molecule has 1 unspecified atom stereocenters. The highest BCUT2D eigenvalue weighted by molar-refractivity contribution is 6.32. The van der Waals surface area contributed by atoms with Crippen LogP contribution in [-0.2, 0) is 17.9 Å². The number of fused-ring (bicyclic) bond motifs is 1. The zero-order chi connectivity index (χ0) is 17.6. The Morgan fingerprint density at radius 1 is 1.25 bits per heavy atom. The van der Waals surface area contributed by atoms with Gasteiger partial charge < -0.3 is 15.3 Å². The van der Waals surface area contributed by atoms with E-state index in [1.165, 1.54) is 6.08 Å². The lowest BCUT2D eigenvalue weighted by Gasteiger charge is -2.45. The maximum absolute atomic E-state index is 12.8. The van der Waals surface area contributed by atoms with Crippen molar-refractivity contribution < 1.29 is 20.1 Å². The molecule has 128 valence electrons. The highest BCUT2D eigenvalue weighted by atomic mass is 35.5. The lowest BCUT2D eigenvalue weighted by Crippen LogP contribution is -2.57. The van der Waals surface area contributed by atoms with E-state index in [1.807, 2.05) is 18.7 Å². The molecule has 0 saturated carbocycles. The smallest absolute Gasteiger partial charge is 0.180 e. The van der Waals surface area contributed by atoms with Crippen molar-refractivity contribution in [3.05, 3.63) is 52.0 Å². The molecule has 0 amide bonds. The Morgan fingerprint density at radius 2 is 1.88 bits per heavy atom. The summed E-state index contributed by atoms with van der Waals surface area (Å²) in [6.45, 7) is 4.93. The lowest BCUT2D eigenvalue weighted by molar-refractivity contribution is -0.131. The number of hydrogen-bond donors (Lipinski definition) is 3. The molecule has 1 aliphatic carbocycles. The zero-order valence-corrected chi connectivity index (χ0v) is 14.3. The molecular weight excluding hydrogens is 330 g/mol. The van der Waals surface area contributed by atoms with Gasteiger partial charge in [0.25, 0.3) is 0 Å². The third kappa shape index (κ3) is 2.39. The minimum atomic E-state index is -0.859. The number of aliphatic hydroxyl groups excluding tert-OH is 2. The average Bonchev–Trinajstić information content (AvgIpc) is 2.90. The normalized spacial score (nSPS) is 26.1. The van der Waals surface area contributed by atoms with E-state index in [2.05, 4.69) is 0 Å². The van der Waals surface area contributed by atoms with E-state index in [9.17, 15) is 20.1 Å². The van der Waals surface area contributed by atoms with Crippen LogP contribution in [0.3, 0.4) is 0 Å². The van der Waals surface area contributed by atoms with E-state index in [4.69, 9.17) is 11.6 Å². The van der Waals surface area contributed by atoms with Crippen LogP contribution in [0.4, 0.5) is 0 Å². The van der Waals surface area contributed by atoms with Gasteiger partial charge in [-0.05, 0) is 29.2 Å². The fourth-order valence-corrected chi connectivity index (χ4v) is 3.92. The Balaban J connectivity index is 2.04. The second-order valence-electron chi connectivity index (χ2n) is 6.73. The minimum Gasteiger partial charge on any atom is -0.515 e. The summed E-state index contributed by atoms with van der Waals surface area (Å²) in [5.74, 6) is -0.373. The van der Waals surface area contributed by atoms with Crippen LogP contribution in [0.5, 0.6) is 5.75 Å². The number of ketones is 1. The molecule has 0 aromatic heterocycles. The Labute approximate surface area is 145 Å². The number of carbonyl (C=O) groups is 1. The second kappa shape index (κ2) is 5.83. The number of allylic oxidation sites excluding steroid dienone is 1. The van der Waals surface area contributed by atoms with Gasteiger partial charge in [-0.2, -0.15) is 0 Å². The van der Waals surface area contributed by atoms with Crippen LogP contribution in [0.1, 0.15) is 31.4 Å². The average molecular weight is 350 g/mol. The topological polar surface area (TPSA) is 81.0 Å². The van der Waals surface area contributed by atoms with Gasteiger partial charge in [-0.15, -0.1) is 0 Å². The monoisotopic (exact) mass is 349 g/mol. The van der Waals surface area contributed by atoms with Gasteiger partial charge in [-0.1, -0.05) is 25.4 Å². The SMILES string of the molecule is CC(C)C1(N2Cc3cc(O)c(Cl)cc3C2)C/C(=C/O)C(O)=CC1=O. The first-order valence-corrected chi connectivity index (χ1v) is 8.21. The van der Waals surface area contributed by atoms with Crippen molar-refractivity contribution >= 4 is 17.4 Å². The predicted molar refractivity (Wildman–Crippen MR) is 91.0 cm³/mol. The van der Waals surface area contributed by atoms with Crippen LogP contribution in [0.2, 0.25) is 5.02 Å². The number of carbonyl (C=O) groups excluding carboxylic acids is 1. The third-order valence-corrected chi connectivity index (χ3v) is 5.45. The maximum Gasteiger partial charge on any atom is 0.180 e. The molecule has 0 saturated heterocycles.